The molecular formula is C14H31NO. The minimum absolute atomic E-state index is 0.139. The third-order valence-corrected chi connectivity index (χ3v) is 3.85. The molecule has 0 aliphatic rings. The fourth-order valence-corrected chi connectivity index (χ4v) is 1.92. The highest BCUT2D eigenvalue weighted by Crippen LogP contribution is 2.35. The fraction of sp³-hybridized carbons (Fsp3) is 1.00. The summed E-state index contributed by atoms with van der Waals surface area (Å²) in [5.41, 5.74) is 5.89. The molecule has 0 spiro atoms. The third kappa shape index (κ3) is 4.84. The highest BCUT2D eigenvalue weighted by Gasteiger charge is 2.34. The number of ether oxygens (including phenoxy) is 1. The summed E-state index contributed by atoms with van der Waals surface area (Å²) in [4.78, 5) is 0. The molecule has 2 nitrogen and oxygen atoms in total. The Morgan fingerprint density at radius 3 is 1.75 bits per heavy atom. The van der Waals surface area contributed by atoms with E-state index in [9.17, 15) is 0 Å². The lowest BCUT2D eigenvalue weighted by Gasteiger charge is -2.41. The normalized spacial score (nSPS) is 17.6. The lowest BCUT2D eigenvalue weighted by atomic mass is 9.76. The van der Waals surface area contributed by atoms with Crippen molar-refractivity contribution in [3.05, 3.63) is 0 Å². The predicted molar refractivity (Wildman–Crippen MR) is 71.5 cm³/mol. The molecule has 0 aromatic rings. The van der Waals surface area contributed by atoms with Gasteiger partial charge in [-0.2, -0.15) is 0 Å². The maximum absolute atomic E-state index is 6.19. The standard InChI is InChI=1S/C14H31NO/c1-10(2)14(7,8)12(4)16-13(5,6)9-11(3)15/h10-12H,9,15H2,1-8H3. The molecule has 0 radical (unpaired) electrons. The van der Waals surface area contributed by atoms with Crippen molar-refractivity contribution in [3.8, 4) is 0 Å². The Bertz CT molecular complexity index is 207. The zero-order valence-corrected chi connectivity index (χ0v) is 12.4. The molecule has 2 heteroatoms. The van der Waals surface area contributed by atoms with Crippen LogP contribution in [-0.4, -0.2) is 17.7 Å². The van der Waals surface area contributed by atoms with Crippen LogP contribution >= 0.6 is 0 Å². The molecular weight excluding hydrogens is 198 g/mol. The Morgan fingerprint density at radius 2 is 1.44 bits per heavy atom. The lowest BCUT2D eigenvalue weighted by Crippen LogP contribution is -2.42. The van der Waals surface area contributed by atoms with E-state index in [0.29, 0.717) is 5.92 Å². The van der Waals surface area contributed by atoms with E-state index in [4.69, 9.17) is 10.5 Å². The summed E-state index contributed by atoms with van der Waals surface area (Å²) in [6, 6.07) is 0.185. The van der Waals surface area contributed by atoms with E-state index in [1.54, 1.807) is 0 Å². The van der Waals surface area contributed by atoms with Crippen molar-refractivity contribution in [3.63, 3.8) is 0 Å². The highest BCUT2D eigenvalue weighted by molar-refractivity contribution is 4.83. The minimum atomic E-state index is -0.139. The van der Waals surface area contributed by atoms with Crippen LogP contribution in [0, 0.1) is 11.3 Å². The van der Waals surface area contributed by atoms with Gasteiger partial charge in [-0.25, -0.2) is 0 Å². The monoisotopic (exact) mass is 229 g/mol. The lowest BCUT2D eigenvalue weighted by molar-refractivity contribution is -0.125. The van der Waals surface area contributed by atoms with Crippen molar-refractivity contribution in [2.24, 2.45) is 17.1 Å². The van der Waals surface area contributed by atoms with E-state index in [2.05, 4.69) is 48.5 Å². The molecule has 0 aliphatic carbocycles. The molecule has 0 amide bonds. The molecule has 0 saturated carbocycles. The summed E-state index contributed by atoms with van der Waals surface area (Å²) in [6.45, 7) is 17.5. The van der Waals surface area contributed by atoms with Gasteiger partial charge in [-0.15, -0.1) is 0 Å². The van der Waals surface area contributed by atoms with Gasteiger partial charge in [0.25, 0.3) is 0 Å². The van der Waals surface area contributed by atoms with Crippen LogP contribution in [-0.2, 0) is 4.74 Å². The molecule has 0 rings (SSSR count). The maximum Gasteiger partial charge on any atom is 0.0645 e. The van der Waals surface area contributed by atoms with Crippen molar-refractivity contribution in [2.75, 3.05) is 0 Å². The van der Waals surface area contributed by atoms with Crippen LogP contribution in [0.15, 0.2) is 0 Å². The van der Waals surface area contributed by atoms with Crippen molar-refractivity contribution >= 4 is 0 Å². The van der Waals surface area contributed by atoms with E-state index in [1.807, 2.05) is 6.92 Å². The average Bonchev–Trinajstić information content (AvgIpc) is 1.99. The highest BCUT2D eigenvalue weighted by atomic mass is 16.5. The smallest absolute Gasteiger partial charge is 0.0645 e. The van der Waals surface area contributed by atoms with Gasteiger partial charge in [-0.3, -0.25) is 0 Å². The summed E-state index contributed by atoms with van der Waals surface area (Å²) in [5, 5.41) is 0. The van der Waals surface area contributed by atoms with Crippen molar-refractivity contribution in [1.82, 2.24) is 0 Å². The first-order valence-corrected chi connectivity index (χ1v) is 6.42. The van der Waals surface area contributed by atoms with Gasteiger partial charge in [0, 0.05) is 6.04 Å². The second kappa shape index (κ2) is 5.50. The summed E-state index contributed by atoms with van der Waals surface area (Å²) >= 11 is 0. The molecule has 0 aromatic heterocycles. The minimum Gasteiger partial charge on any atom is -0.372 e. The SMILES string of the molecule is CC(N)CC(C)(C)OC(C)C(C)(C)C(C)C. The van der Waals surface area contributed by atoms with E-state index in [0.717, 1.165) is 6.42 Å². The van der Waals surface area contributed by atoms with Gasteiger partial charge < -0.3 is 10.5 Å². The van der Waals surface area contributed by atoms with Crippen LogP contribution in [0.4, 0.5) is 0 Å². The van der Waals surface area contributed by atoms with Gasteiger partial charge in [0.15, 0.2) is 0 Å². The van der Waals surface area contributed by atoms with Crippen LogP contribution in [0.3, 0.4) is 0 Å². The van der Waals surface area contributed by atoms with Gasteiger partial charge in [-0.1, -0.05) is 27.7 Å². The molecule has 0 bridgehead atoms. The first kappa shape index (κ1) is 15.9. The molecule has 0 aliphatic heterocycles. The molecule has 16 heavy (non-hydrogen) atoms. The summed E-state index contributed by atoms with van der Waals surface area (Å²) in [7, 11) is 0. The van der Waals surface area contributed by atoms with Crippen molar-refractivity contribution in [2.45, 2.75) is 79.6 Å². The van der Waals surface area contributed by atoms with Crippen LogP contribution in [0.25, 0.3) is 0 Å². The number of hydrogen-bond acceptors (Lipinski definition) is 2. The van der Waals surface area contributed by atoms with Gasteiger partial charge in [-0.05, 0) is 45.4 Å². The summed E-state index contributed by atoms with van der Waals surface area (Å²) < 4.78 is 6.19. The third-order valence-electron chi connectivity index (χ3n) is 3.85. The molecule has 2 unspecified atom stereocenters. The molecule has 0 fully saturated rings. The summed E-state index contributed by atoms with van der Waals surface area (Å²) in [5.74, 6) is 0.605. The Balaban J connectivity index is 4.49. The van der Waals surface area contributed by atoms with E-state index in [1.165, 1.54) is 0 Å². The van der Waals surface area contributed by atoms with Gasteiger partial charge in [0.1, 0.15) is 0 Å². The van der Waals surface area contributed by atoms with E-state index in [-0.39, 0.29) is 23.2 Å². The fourth-order valence-electron chi connectivity index (χ4n) is 1.92. The zero-order valence-electron chi connectivity index (χ0n) is 12.4. The van der Waals surface area contributed by atoms with E-state index < -0.39 is 0 Å². The van der Waals surface area contributed by atoms with Gasteiger partial charge in [0.05, 0.1) is 11.7 Å². The van der Waals surface area contributed by atoms with Crippen molar-refractivity contribution in [1.29, 1.82) is 0 Å². The zero-order chi connectivity index (χ0) is 13.1. The number of hydrogen-bond donors (Lipinski definition) is 1. The van der Waals surface area contributed by atoms with Crippen LogP contribution in [0.2, 0.25) is 0 Å². The molecule has 2 atom stereocenters. The second-order valence-electron chi connectivity index (χ2n) is 6.68. The topological polar surface area (TPSA) is 35.2 Å². The Labute approximate surface area is 102 Å². The molecule has 0 saturated heterocycles. The van der Waals surface area contributed by atoms with Gasteiger partial charge >= 0.3 is 0 Å². The van der Waals surface area contributed by atoms with Crippen molar-refractivity contribution < 1.29 is 4.74 Å². The Hall–Kier alpha value is -0.0800. The Morgan fingerprint density at radius 1 is 1.00 bits per heavy atom. The molecule has 0 heterocycles. The summed E-state index contributed by atoms with van der Waals surface area (Å²) in [6.07, 6.45) is 1.13. The number of nitrogens with two attached hydrogens (primary N) is 1. The predicted octanol–water partition coefficient (Wildman–Crippen LogP) is 3.59. The largest absolute Gasteiger partial charge is 0.372 e. The van der Waals surface area contributed by atoms with Gasteiger partial charge in [0.2, 0.25) is 0 Å². The maximum atomic E-state index is 6.19. The first-order valence-electron chi connectivity index (χ1n) is 6.42. The Kier molecular flexibility index (Phi) is 5.48. The van der Waals surface area contributed by atoms with Crippen LogP contribution in [0.5, 0.6) is 0 Å². The molecule has 98 valence electrons. The number of rotatable bonds is 6. The molecule has 0 aromatic carbocycles. The van der Waals surface area contributed by atoms with Crippen LogP contribution in [0.1, 0.15) is 61.8 Å². The quantitative estimate of drug-likeness (QED) is 0.755. The second-order valence-corrected chi connectivity index (χ2v) is 6.68. The first-order chi connectivity index (χ1) is 6.99. The van der Waals surface area contributed by atoms with Crippen LogP contribution < -0.4 is 5.73 Å². The van der Waals surface area contributed by atoms with E-state index >= 15 is 0 Å². The average molecular weight is 229 g/mol. The molecule has 2 N–H and O–H groups in total.